The number of carbonyl (C=O) groups is 6. The summed E-state index contributed by atoms with van der Waals surface area (Å²) in [6.45, 7) is 7.74. The van der Waals surface area contributed by atoms with E-state index in [2.05, 4.69) is 46.5 Å². The molecule has 1 fully saturated rings. The largest absolute Gasteiger partial charge is 0.495 e. The van der Waals surface area contributed by atoms with Crippen molar-refractivity contribution in [3.8, 4) is 16.2 Å². The molecule has 7 N–H and O–H groups in total. The molecule has 20 nitrogen and oxygen atoms in total. The first-order valence-electron chi connectivity index (χ1n) is 25.0. The molecular weight excluding hydrogens is 996 g/mol. The van der Waals surface area contributed by atoms with Crippen molar-refractivity contribution in [2.75, 3.05) is 56.4 Å². The topological polar surface area (TPSA) is 256 Å². The number of aliphatic hydroxyl groups excluding tert-OH is 1. The van der Waals surface area contributed by atoms with Gasteiger partial charge in [-0.2, -0.15) is 9.97 Å². The molecule has 6 aromatic rings. The third-order valence-corrected chi connectivity index (χ3v) is 14.5. The lowest BCUT2D eigenvalue weighted by molar-refractivity contribution is -0.144. The van der Waals surface area contributed by atoms with Crippen LogP contribution in [0.2, 0.25) is 0 Å². The number of anilines is 5. The number of benzene rings is 3. The third kappa shape index (κ3) is 12.2. The number of amides is 6. The molecular formula is C54H63FN12O8S. The highest BCUT2D eigenvalue weighted by Crippen LogP contribution is 2.39. The minimum absolute atomic E-state index is 0.0292. The van der Waals surface area contributed by atoms with Gasteiger partial charge in [0.05, 0.1) is 58.2 Å². The number of aromatic amines is 1. The number of fused-ring (bicyclic) bond motifs is 2. The summed E-state index contributed by atoms with van der Waals surface area (Å²) in [7, 11) is 4.48. The van der Waals surface area contributed by atoms with Crippen LogP contribution in [0.3, 0.4) is 0 Å². The van der Waals surface area contributed by atoms with Crippen LogP contribution in [0.4, 0.5) is 33.2 Å². The summed E-state index contributed by atoms with van der Waals surface area (Å²) in [4.78, 5) is 103. The number of hydrogen-bond acceptors (Lipinski definition) is 14. The van der Waals surface area contributed by atoms with Crippen LogP contribution < -0.4 is 36.2 Å². The summed E-state index contributed by atoms with van der Waals surface area (Å²) in [6.07, 6.45) is 2.15. The van der Waals surface area contributed by atoms with Crippen LogP contribution in [-0.2, 0) is 36.9 Å². The number of nitrogens with one attached hydrogen (secondary N) is 6. The van der Waals surface area contributed by atoms with Crippen LogP contribution in [0.15, 0.2) is 72.4 Å². The summed E-state index contributed by atoms with van der Waals surface area (Å²) in [5.74, 6) is -2.30. The van der Waals surface area contributed by atoms with Crippen molar-refractivity contribution in [2.24, 2.45) is 5.41 Å². The second-order valence-corrected chi connectivity index (χ2v) is 20.9. The molecule has 3 aromatic carbocycles. The van der Waals surface area contributed by atoms with Crippen molar-refractivity contribution in [3.63, 3.8) is 0 Å². The van der Waals surface area contributed by atoms with Gasteiger partial charge in [-0.3, -0.25) is 28.8 Å². The lowest BCUT2D eigenvalue weighted by Crippen LogP contribution is -2.57. The number of ether oxygens (including phenoxy) is 1. The summed E-state index contributed by atoms with van der Waals surface area (Å²) in [5.41, 5.74) is 6.27. The van der Waals surface area contributed by atoms with E-state index in [-0.39, 0.29) is 73.7 Å². The van der Waals surface area contributed by atoms with Gasteiger partial charge >= 0.3 is 0 Å². The molecule has 0 aliphatic carbocycles. The summed E-state index contributed by atoms with van der Waals surface area (Å²) in [6, 6.07) is 15.4. The molecule has 76 heavy (non-hydrogen) atoms. The number of hydrogen-bond donors (Lipinski definition) is 7. The average molecular weight is 1060 g/mol. The smallest absolute Gasteiger partial charge is 0.256 e. The molecule has 5 heterocycles. The number of methoxy groups -OCH3 is 1. The second kappa shape index (κ2) is 23.3. The van der Waals surface area contributed by atoms with Crippen LogP contribution >= 0.6 is 11.3 Å². The quantitative estimate of drug-likeness (QED) is 0.0453. The van der Waals surface area contributed by atoms with E-state index in [0.29, 0.717) is 54.0 Å². The Bertz CT molecular complexity index is 3160. The number of H-pyrrole nitrogens is 1. The molecule has 400 valence electrons. The van der Waals surface area contributed by atoms with Crippen LogP contribution in [0.5, 0.6) is 5.75 Å². The normalized spacial score (nSPS) is 15.5. The summed E-state index contributed by atoms with van der Waals surface area (Å²) in [5, 5.41) is 25.8. The average Bonchev–Trinajstić information content (AvgIpc) is 4.22. The van der Waals surface area contributed by atoms with Gasteiger partial charge < -0.3 is 56.1 Å². The van der Waals surface area contributed by atoms with E-state index in [0.717, 1.165) is 27.3 Å². The first-order valence-corrected chi connectivity index (χ1v) is 25.9. The number of likely N-dealkylation sites (tertiary alicyclic amines) is 1. The van der Waals surface area contributed by atoms with E-state index >= 15 is 0 Å². The number of aryl methyl sites for hydroxylation is 1. The van der Waals surface area contributed by atoms with E-state index in [1.54, 1.807) is 53.2 Å². The number of aliphatic hydroxyl groups is 1. The maximum Gasteiger partial charge on any atom is 0.256 e. The van der Waals surface area contributed by atoms with Gasteiger partial charge in [0, 0.05) is 64.9 Å². The fraction of sp³-hybridized carbons (Fsp3) is 0.389. The number of aromatic nitrogens is 4. The molecule has 0 saturated carbocycles. The maximum absolute atomic E-state index is 14.9. The molecule has 22 heteroatoms. The van der Waals surface area contributed by atoms with E-state index < -0.39 is 53.0 Å². The molecule has 0 bridgehead atoms. The Labute approximate surface area is 443 Å². The number of halogens is 1. The standard InChI is InChI=1S/C54H63FN12O8S/c1-30-46(76-29-59-30)32-17-15-31(16-18-32)26-58-50(72)40-24-34(68)27-67(40)52(74)47(54(2,3)4)62-42(69)13-8-9-14-43(70)65(6)28-44(71)66-22-20-33-23-41(75-7)38(25-39(33)66)61-53-63-48-35(19-21-57-48)49(64-53)60-37-12-10-11-36(55)45(37)51(73)56-5/h10-12,15-19,21,23,25,29,34,40,47,68H,8-9,13-14,20,22,24,26-28H2,1-7H3,(H,56,73)(H,58,72)(H,62,69)(H3,57,60,61,63,64)/t34-,40+,47-/m1/s1. The highest BCUT2D eigenvalue weighted by molar-refractivity contribution is 7.13. The van der Waals surface area contributed by atoms with Crippen molar-refractivity contribution >= 4 is 86.6 Å². The summed E-state index contributed by atoms with van der Waals surface area (Å²) < 4.78 is 20.6. The molecule has 3 aromatic heterocycles. The Morgan fingerprint density at radius 3 is 2.47 bits per heavy atom. The van der Waals surface area contributed by atoms with Gasteiger partial charge in [0.25, 0.3) is 5.91 Å². The lowest BCUT2D eigenvalue weighted by Gasteiger charge is -2.35. The molecule has 3 atom stereocenters. The summed E-state index contributed by atoms with van der Waals surface area (Å²) >= 11 is 1.56. The van der Waals surface area contributed by atoms with Crippen molar-refractivity contribution in [1.29, 1.82) is 0 Å². The monoisotopic (exact) mass is 1060 g/mol. The zero-order valence-electron chi connectivity index (χ0n) is 43.5. The van der Waals surface area contributed by atoms with E-state index in [1.165, 1.54) is 36.1 Å². The fourth-order valence-electron chi connectivity index (χ4n) is 9.41. The Balaban J connectivity index is 0.830. The second-order valence-electron chi connectivity index (χ2n) is 20.0. The number of unbranched alkanes of at least 4 members (excludes halogenated alkanes) is 1. The van der Waals surface area contributed by atoms with E-state index in [9.17, 15) is 38.3 Å². The number of carbonyl (C=O) groups excluding carboxylic acids is 6. The number of β-amino-alcohol motifs (C(OH)–C–C–N with tert-alkyl or cyclic N) is 1. The highest BCUT2D eigenvalue weighted by atomic mass is 32.1. The van der Waals surface area contributed by atoms with Gasteiger partial charge in [-0.15, -0.1) is 11.3 Å². The first kappa shape index (κ1) is 54.3. The molecule has 1 saturated heterocycles. The van der Waals surface area contributed by atoms with Gasteiger partial charge in [-0.25, -0.2) is 9.37 Å². The van der Waals surface area contributed by atoms with E-state index in [1.807, 2.05) is 58.0 Å². The predicted octanol–water partition coefficient (Wildman–Crippen LogP) is 6.10. The van der Waals surface area contributed by atoms with Crippen molar-refractivity contribution in [3.05, 3.63) is 101 Å². The first-order chi connectivity index (χ1) is 36.3. The number of thiazole rings is 1. The van der Waals surface area contributed by atoms with Gasteiger partial charge in [0.2, 0.25) is 35.5 Å². The Kier molecular flexibility index (Phi) is 16.6. The van der Waals surface area contributed by atoms with Crippen LogP contribution in [-0.4, -0.2) is 129 Å². The molecule has 8 rings (SSSR count). The van der Waals surface area contributed by atoms with Crippen molar-refractivity contribution in [1.82, 2.24) is 45.7 Å². The van der Waals surface area contributed by atoms with Gasteiger partial charge in [-0.1, -0.05) is 51.1 Å². The Morgan fingerprint density at radius 1 is 1.00 bits per heavy atom. The lowest BCUT2D eigenvalue weighted by atomic mass is 9.85. The Morgan fingerprint density at radius 2 is 1.76 bits per heavy atom. The van der Waals surface area contributed by atoms with Crippen LogP contribution in [0.25, 0.3) is 21.5 Å². The number of rotatable bonds is 19. The van der Waals surface area contributed by atoms with Gasteiger partial charge in [0.15, 0.2) is 0 Å². The van der Waals surface area contributed by atoms with Gasteiger partial charge in [0.1, 0.15) is 35.1 Å². The van der Waals surface area contributed by atoms with Crippen molar-refractivity contribution < 1.29 is 43.0 Å². The zero-order valence-corrected chi connectivity index (χ0v) is 44.3. The molecule has 6 amide bonds. The minimum Gasteiger partial charge on any atom is -0.495 e. The predicted molar refractivity (Wildman–Crippen MR) is 287 cm³/mol. The molecule has 0 spiro atoms. The zero-order chi connectivity index (χ0) is 54.4. The van der Waals surface area contributed by atoms with Crippen LogP contribution in [0.1, 0.15) is 80.1 Å². The number of likely N-dealkylation sites (N-methyl/N-ethyl adjacent to an activating group) is 1. The third-order valence-electron chi connectivity index (χ3n) is 13.5. The number of nitrogens with zero attached hydrogens (tertiary/aromatic N) is 6. The van der Waals surface area contributed by atoms with Gasteiger partial charge in [-0.05, 0) is 78.6 Å². The van der Waals surface area contributed by atoms with Crippen molar-refractivity contribution in [2.45, 2.75) is 91.0 Å². The molecule has 2 aliphatic heterocycles. The van der Waals surface area contributed by atoms with E-state index in [4.69, 9.17) is 4.74 Å². The molecule has 0 radical (unpaired) electrons. The molecule has 2 aliphatic rings. The highest BCUT2D eigenvalue weighted by Gasteiger charge is 2.44. The maximum atomic E-state index is 14.9. The fourth-order valence-corrected chi connectivity index (χ4v) is 10.2. The SMILES string of the molecule is CNC(=O)c1c(F)cccc1Nc1nc(Nc2cc3c(cc2OC)CCN3C(=O)CN(C)C(=O)CCCCC(=O)N[C@H](C(=O)N2C[C@H](O)C[C@H]2C(=O)NCc2ccc(-c3scnc3C)cc2)C(C)(C)C)nc2[nH]ccc12. The minimum atomic E-state index is -0.998. The molecule has 0 unspecified atom stereocenters. The van der Waals surface area contributed by atoms with Crippen LogP contribution in [0, 0.1) is 18.2 Å². The Hall–Kier alpha value is -7.98.